The summed E-state index contributed by atoms with van der Waals surface area (Å²) in [6.45, 7) is 5.14. The van der Waals surface area contributed by atoms with Crippen molar-refractivity contribution in [2.45, 2.75) is 52.1 Å². The van der Waals surface area contributed by atoms with Crippen molar-refractivity contribution in [2.24, 2.45) is 0 Å². The van der Waals surface area contributed by atoms with Crippen LogP contribution >= 0.6 is 0 Å². The molecule has 0 saturated heterocycles. The molecule has 0 spiro atoms. The Kier molecular flexibility index (Phi) is 9.25. The zero-order chi connectivity index (χ0) is 23.5. The van der Waals surface area contributed by atoms with E-state index in [1.165, 1.54) is 0 Å². The van der Waals surface area contributed by atoms with Crippen LogP contribution in [0.1, 0.15) is 42.0 Å². The largest absolute Gasteiger partial charge is 0.354 e. The zero-order valence-electron chi connectivity index (χ0n) is 19.7. The van der Waals surface area contributed by atoms with Gasteiger partial charge in [-0.2, -0.15) is 0 Å². The molecule has 3 aromatic carbocycles. The molecule has 1 atom stereocenters. The molecule has 0 aliphatic carbocycles. The quantitative estimate of drug-likeness (QED) is 0.420. The lowest BCUT2D eigenvalue weighted by atomic mass is 10.0. The zero-order valence-corrected chi connectivity index (χ0v) is 19.7. The Bertz CT molecular complexity index is 1000. The van der Waals surface area contributed by atoms with Crippen LogP contribution in [0.4, 0.5) is 0 Å². The van der Waals surface area contributed by atoms with Crippen molar-refractivity contribution in [3.05, 3.63) is 107 Å². The Morgan fingerprint density at radius 2 is 1.42 bits per heavy atom. The van der Waals surface area contributed by atoms with E-state index in [2.05, 4.69) is 12.2 Å². The second-order valence-electron chi connectivity index (χ2n) is 8.52. The van der Waals surface area contributed by atoms with Crippen molar-refractivity contribution in [2.75, 3.05) is 6.54 Å². The normalized spacial score (nSPS) is 11.6. The Morgan fingerprint density at radius 1 is 0.818 bits per heavy atom. The van der Waals surface area contributed by atoms with Gasteiger partial charge in [0.2, 0.25) is 11.8 Å². The van der Waals surface area contributed by atoms with Gasteiger partial charge in [-0.1, -0.05) is 104 Å². The highest BCUT2D eigenvalue weighted by molar-refractivity contribution is 5.88. The minimum absolute atomic E-state index is 0.0470. The van der Waals surface area contributed by atoms with Gasteiger partial charge in [-0.15, -0.1) is 0 Å². The SMILES string of the molecule is CCCCNC(=O)[C@H](Cc1ccccc1)N(Cc1ccccc1)C(=O)Cc1ccc(C)cc1. The van der Waals surface area contributed by atoms with Crippen LogP contribution in [0, 0.1) is 6.92 Å². The van der Waals surface area contributed by atoms with Gasteiger partial charge in [0, 0.05) is 19.5 Å². The lowest BCUT2D eigenvalue weighted by molar-refractivity contribution is -0.140. The minimum atomic E-state index is -0.581. The number of benzene rings is 3. The molecule has 0 aliphatic rings. The lowest BCUT2D eigenvalue weighted by Crippen LogP contribution is -2.51. The first kappa shape index (κ1) is 24.2. The number of rotatable bonds is 11. The number of unbranched alkanes of at least 4 members (excludes halogenated alkanes) is 1. The molecule has 0 heterocycles. The van der Waals surface area contributed by atoms with Crippen molar-refractivity contribution < 1.29 is 9.59 Å². The number of carbonyl (C=O) groups excluding carboxylic acids is 2. The van der Waals surface area contributed by atoms with E-state index in [-0.39, 0.29) is 18.2 Å². The summed E-state index contributed by atoms with van der Waals surface area (Å²) in [7, 11) is 0. The molecule has 0 aliphatic heterocycles. The van der Waals surface area contributed by atoms with Crippen molar-refractivity contribution in [3.63, 3.8) is 0 Å². The molecule has 1 N–H and O–H groups in total. The maximum absolute atomic E-state index is 13.6. The fourth-order valence-electron chi connectivity index (χ4n) is 3.82. The Hall–Kier alpha value is -3.40. The van der Waals surface area contributed by atoms with Crippen LogP contribution in [0.15, 0.2) is 84.9 Å². The molecule has 172 valence electrons. The van der Waals surface area contributed by atoms with Gasteiger partial charge in [0.1, 0.15) is 6.04 Å². The number of hydrogen-bond donors (Lipinski definition) is 1. The average Bonchev–Trinajstić information content (AvgIpc) is 2.84. The van der Waals surface area contributed by atoms with Crippen molar-refractivity contribution in [1.29, 1.82) is 0 Å². The maximum Gasteiger partial charge on any atom is 0.243 e. The van der Waals surface area contributed by atoms with Gasteiger partial charge in [-0.25, -0.2) is 0 Å². The average molecular weight is 443 g/mol. The molecule has 0 fully saturated rings. The smallest absolute Gasteiger partial charge is 0.243 e. The van der Waals surface area contributed by atoms with Gasteiger partial charge in [-0.05, 0) is 30.0 Å². The molecule has 4 heteroatoms. The van der Waals surface area contributed by atoms with E-state index in [4.69, 9.17) is 0 Å². The van der Waals surface area contributed by atoms with E-state index in [9.17, 15) is 9.59 Å². The maximum atomic E-state index is 13.6. The van der Waals surface area contributed by atoms with E-state index in [1.54, 1.807) is 4.90 Å². The van der Waals surface area contributed by atoms with Gasteiger partial charge >= 0.3 is 0 Å². The van der Waals surface area contributed by atoms with Crippen LogP contribution < -0.4 is 5.32 Å². The first-order valence-electron chi connectivity index (χ1n) is 11.8. The number of hydrogen-bond acceptors (Lipinski definition) is 2. The molecule has 3 aromatic rings. The van der Waals surface area contributed by atoms with Gasteiger partial charge in [0.25, 0.3) is 0 Å². The first-order chi connectivity index (χ1) is 16.1. The number of aryl methyl sites for hydroxylation is 1. The monoisotopic (exact) mass is 442 g/mol. The summed E-state index contributed by atoms with van der Waals surface area (Å²) in [6, 6.07) is 27.2. The third-order valence-electron chi connectivity index (χ3n) is 5.77. The second kappa shape index (κ2) is 12.6. The molecular formula is C29H34N2O2. The fourth-order valence-corrected chi connectivity index (χ4v) is 3.82. The molecule has 0 aromatic heterocycles. The van der Waals surface area contributed by atoms with E-state index in [0.717, 1.165) is 35.1 Å². The highest BCUT2D eigenvalue weighted by Crippen LogP contribution is 2.17. The van der Waals surface area contributed by atoms with Gasteiger partial charge < -0.3 is 10.2 Å². The number of carbonyl (C=O) groups is 2. The summed E-state index contributed by atoms with van der Waals surface area (Å²) in [4.78, 5) is 28.7. The first-order valence-corrected chi connectivity index (χ1v) is 11.8. The Labute approximate surface area is 197 Å². The van der Waals surface area contributed by atoms with Crippen LogP contribution in [0.25, 0.3) is 0 Å². The molecular weight excluding hydrogens is 408 g/mol. The number of amides is 2. The van der Waals surface area contributed by atoms with Crippen molar-refractivity contribution >= 4 is 11.8 Å². The molecule has 33 heavy (non-hydrogen) atoms. The summed E-state index contributed by atoms with van der Waals surface area (Å²) in [5, 5.41) is 3.06. The third kappa shape index (κ3) is 7.60. The van der Waals surface area contributed by atoms with Crippen LogP contribution in [-0.2, 0) is 29.0 Å². The fraction of sp³-hybridized carbons (Fsp3) is 0.310. The molecule has 4 nitrogen and oxygen atoms in total. The predicted molar refractivity (Wildman–Crippen MR) is 134 cm³/mol. The standard InChI is InChI=1S/C29H34N2O2/c1-3-4-19-30-29(33)27(20-24-11-7-5-8-12-24)31(22-26-13-9-6-10-14-26)28(32)21-25-17-15-23(2)16-18-25/h5-18,27H,3-4,19-22H2,1-2H3,(H,30,33)/t27-/m0/s1. The van der Waals surface area contributed by atoms with E-state index >= 15 is 0 Å². The molecule has 2 amide bonds. The molecule has 3 rings (SSSR count). The second-order valence-corrected chi connectivity index (χ2v) is 8.52. The van der Waals surface area contributed by atoms with Crippen molar-refractivity contribution in [1.82, 2.24) is 10.2 Å². The molecule has 0 saturated carbocycles. The van der Waals surface area contributed by atoms with Crippen LogP contribution in [0.2, 0.25) is 0 Å². The summed E-state index contributed by atoms with van der Waals surface area (Å²) >= 11 is 0. The molecule has 0 unspecified atom stereocenters. The predicted octanol–water partition coefficient (Wildman–Crippen LogP) is 5.09. The molecule has 0 bridgehead atoms. The van der Waals surface area contributed by atoms with E-state index < -0.39 is 6.04 Å². The third-order valence-corrected chi connectivity index (χ3v) is 5.77. The summed E-state index contributed by atoms with van der Waals surface area (Å²) in [5.74, 6) is -0.144. The van der Waals surface area contributed by atoms with Gasteiger partial charge in [0.15, 0.2) is 0 Å². The van der Waals surface area contributed by atoms with Crippen LogP contribution in [0.5, 0.6) is 0 Å². The van der Waals surface area contributed by atoms with Crippen LogP contribution in [0.3, 0.4) is 0 Å². The Balaban J connectivity index is 1.90. The highest BCUT2D eigenvalue weighted by Gasteiger charge is 2.30. The lowest BCUT2D eigenvalue weighted by Gasteiger charge is -2.31. The van der Waals surface area contributed by atoms with E-state index in [1.807, 2.05) is 91.9 Å². The minimum Gasteiger partial charge on any atom is -0.354 e. The number of nitrogens with one attached hydrogen (secondary N) is 1. The van der Waals surface area contributed by atoms with E-state index in [0.29, 0.717) is 19.5 Å². The summed E-state index contributed by atoms with van der Waals surface area (Å²) in [5.41, 5.74) is 4.15. The summed E-state index contributed by atoms with van der Waals surface area (Å²) in [6.07, 6.45) is 2.66. The molecule has 0 radical (unpaired) electrons. The summed E-state index contributed by atoms with van der Waals surface area (Å²) < 4.78 is 0. The number of nitrogens with zero attached hydrogens (tertiary/aromatic N) is 1. The topological polar surface area (TPSA) is 49.4 Å². The van der Waals surface area contributed by atoms with Crippen molar-refractivity contribution in [3.8, 4) is 0 Å². The van der Waals surface area contributed by atoms with Gasteiger partial charge in [0.05, 0.1) is 6.42 Å². The highest BCUT2D eigenvalue weighted by atomic mass is 16.2. The van der Waals surface area contributed by atoms with Crippen LogP contribution in [-0.4, -0.2) is 29.3 Å². The van der Waals surface area contributed by atoms with Gasteiger partial charge in [-0.3, -0.25) is 9.59 Å². The Morgan fingerprint density at radius 3 is 2.03 bits per heavy atom.